The highest BCUT2D eigenvalue weighted by Gasteiger charge is 2.31. The Balaban J connectivity index is 1.23. The Morgan fingerprint density at radius 2 is 1.58 bits per heavy atom. The Kier molecular flexibility index (Phi) is 5.38. The van der Waals surface area contributed by atoms with E-state index in [2.05, 4.69) is 47.4 Å². The standard InChI is InChI=1S/C26H25NO3S/c28-31(29,24-11-9-22(10-12-24)26-6-3-17-30-26)25-13-15-27(16-14-25)19-20-7-8-21-4-1-2-5-23(21)18-20/h1-12,17-18,25H,13-16,19H2. The van der Waals surface area contributed by atoms with Gasteiger partial charge < -0.3 is 4.42 Å². The summed E-state index contributed by atoms with van der Waals surface area (Å²) in [6, 6.07) is 25.7. The maximum absolute atomic E-state index is 13.2. The zero-order chi connectivity index (χ0) is 21.3. The number of nitrogens with zero attached hydrogens (tertiary/aromatic N) is 1. The van der Waals surface area contributed by atoms with Gasteiger partial charge in [0.05, 0.1) is 16.4 Å². The van der Waals surface area contributed by atoms with Crippen LogP contribution in [0, 0.1) is 0 Å². The average molecular weight is 432 g/mol. The van der Waals surface area contributed by atoms with Crippen LogP contribution in [0.1, 0.15) is 18.4 Å². The molecule has 0 radical (unpaired) electrons. The van der Waals surface area contributed by atoms with Crippen LogP contribution in [-0.4, -0.2) is 31.7 Å². The summed E-state index contributed by atoms with van der Waals surface area (Å²) < 4.78 is 31.7. The predicted molar refractivity (Wildman–Crippen MR) is 124 cm³/mol. The summed E-state index contributed by atoms with van der Waals surface area (Å²) in [6.07, 6.45) is 2.94. The van der Waals surface area contributed by atoms with E-state index in [-0.39, 0.29) is 5.25 Å². The zero-order valence-corrected chi connectivity index (χ0v) is 18.1. The third-order valence-corrected chi connectivity index (χ3v) is 8.46. The lowest BCUT2D eigenvalue weighted by Crippen LogP contribution is -2.38. The molecule has 1 saturated heterocycles. The van der Waals surface area contributed by atoms with E-state index in [1.807, 2.05) is 24.3 Å². The maximum atomic E-state index is 13.2. The lowest BCUT2D eigenvalue weighted by Gasteiger charge is -2.31. The second-order valence-electron chi connectivity index (χ2n) is 8.20. The molecule has 5 heteroatoms. The number of hydrogen-bond acceptors (Lipinski definition) is 4. The molecule has 0 spiro atoms. The van der Waals surface area contributed by atoms with Crippen molar-refractivity contribution in [3.8, 4) is 11.3 Å². The van der Waals surface area contributed by atoms with Crippen LogP contribution in [0.25, 0.3) is 22.1 Å². The first-order chi connectivity index (χ1) is 15.1. The van der Waals surface area contributed by atoms with Gasteiger partial charge in [-0.1, -0.05) is 36.4 Å². The van der Waals surface area contributed by atoms with Crippen LogP contribution in [0.2, 0.25) is 0 Å². The highest BCUT2D eigenvalue weighted by atomic mass is 32.2. The smallest absolute Gasteiger partial charge is 0.181 e. The Morgan fingerprint density at radius 3 is 2.29 bits per heavy atom. The maximum Gasteiger partial charge on any atom is 0.181 e. The van der Waals surface area contributed by atoms with Gasteiger partial charge in [0.25, 0.3) is 0 Å². The van der Waals surface area contributed by atoms with Gasteiger partial charge in [0, 0.05) is 12.1 Å². The van der Waals surface area contributed by atoms with Crippen LogP contribution in [-0.2, 0) is 16.4 Å². The van der Waals surface area contributed by atoms with E-state index in [1.165, 1.54) is 16.3 Å². The summed E-state index contributed by atoms with van der Waals surface area (Å²) in [5.41, 5.74) is 2.16. The highest BCUT2D eigenvalue weighted by Crippen LogP contribution is 2.28. The summed E-state index contributed by atoms with van der Waals surface area (Å²) in [5, 5.41) is 2.17. The molecule has 1 aromatic heterocycles. The fraction of sp³-hybridized carbons (Fsp3) is 0.231. The van der Waals surface area contributed by atoms with Crippen LogP contribution in [0.3, 0.4) is 0 Å². The van der Waals surface area contributed by atoms with Gasteiger partial charge >= 0.3 is 0 Å². The molecule has 0 bridgehead atoms. The van der Waals surface area contributed by atoms with E-state index in [1.54, 1.807) is 18.4 Å². The minimum absolute atomic E-state index is 0.324. The molecule has 0 atom stereocenters. The molecule has 4 aromatic rings. The first-order valence-corrected chi connectivity index (χ1v) is 12.2. The molecular weight excluding hydrogens is 406 g/mol. The summed E-state index contributed by atoms with van der Waals surface area (Å²) >= 11 is 0. The SMILES string of the molecule is O=S(=O)(c1ccc(-c2ccco2)cc1)C1CCN(Cc2ccc3ccccc3c2)CC1. The van der Waals surface area contributed by atoms with Gasteiger partial charge in [0.1, 0.15) is 5.76 Å². The number of benzene rings is 3. The lowest BCUT2D eigenvalue weighted by molar-refractivity contribution is 0.222. The van der Waals surface area contributed by atoms with E-state index in [0.717, 1.165) is 31.0 Å². The number of likely N-dealkylation sites (tertiary alicyclic amines) is 1. The Hall–Kier alpha value is -2.89. The summed E-state index contributed by atoms with van der Waals surface area (Å²) in [6.45, 7) is 2.44. The first kappa shape index (κ1) is 20.0. The Morgan fingerprint density at radius 1 is 0.839 bits per heavy atom. The van der Waals surface area contributed by atoms with Crippen molar-refractivity contribution >= 4 is 20.6 Å². The minimum atomic E-state index is -3.33. The zero-order valence-electron chi connectivity index (χ0n) is 17.3. The van der Waals surface area contributed by atoms with E-state index in [4.69, 9.17) is 4.42 Å². The van der Waals surface area contributed by atoms with Crippen molar-refractivity contribution in [3.63, 3.8) is 0 Å². The first-order valence-electron chi connectivity index (χ1n) is 10.7. The molecular formula is C26H25NO3S. The third-order valence-electron chi connectivity index (χ3n) is 6.18. The van der Waals surface area contributed by atoms with E-state index in [0.29, 0.717) is 17.7 Å². The van der Waals surface area contributed by atoms with Gasteiger partial charge in [-0.2, -0.15) is 0 Å². The number of rotatable bonds is 5. The summed E-state index contributed by atoms with van der Waals surface area (Å²) in [7, 11) is -3.33. The van der Waals surface area contributed by atoms with Crippen molar-refractivity contribution < 1.29 is 12.8 Å². The van der Waals surface area contributed by atoms with Crippen molar-refractivity contribution in [3.05, 3.63) is 90.7 Å². The number of furan rings is 1. The molecule has 0 unspecified atom stereocenters. The van der Waals surface area contributed by atoms with Crippen LogP contribution >= 0.6 is 0 Å². The molecule has 31 heavy (non-hydrogen) atoms. The van der Waals surface area contributed by atoms with Gasteiger partial charge in [-0.05, 0) is 84.7 Å². The van der Waals surface area contributed by atoms with E-state index in [9.17, 15) is 8.42 Å². The lowest BCUT2D eigenvalue weighted by atomic mass is 10.1. The number of fused-ring (bicyclic) bond motifs is 1. The van der Waals surface area contributed by atoms with Crippen molar-refractivity contribution in [2.24, 2.45) is 0 Å². The highest BCUT2D eigenvalue weighted by molar-refractivity contribution is 7.92. The molecule has 1 aliphatic rings. The van der Waals surface area contributed by atoms with Crippen molar-refractivity contribution in [1.29, 1.82) is 0 Å². The number of piperidine rings is 1. The average Bonchev–Trinajstić information content (AvgIpc) is 3.35. The number of hydrogen-bond donors (Lipinski definition) is 0. The Labute approximate surface area is 183 Å². The molecule has 158 valence electrons. The second-order valence-corrected chi connectivity index (χ2v) is 10.4. The van der Waals surface area contributed by atoms with Crippen molar-refractivity contribution in [1.82, 2.24) is 4.90 Å². The van der Waals surface area contributed by atoms with Crippen LogP contribution in [0.15, 0.2) is 94.4 Å². The largest absolute Gasteiger partial charge is 0.464 e. The summed E-state index contributed by atoms with van der Waals surface area (Å²) in [4.78, 5) is 2.76. The molecule has 3 aromatic carbocycles. The molecule has 2 heterocycles. The minimum Gasteiger partial charge on any atom is -0.464 e. The fourth-order valence-electron chi connectivity index (χ4n) is 4.42. The second kappa shape index (κ2) is 8.33. The van der Waals surface area contributed by atoms with Crippen LogP contribution in [0.5, 0.6) is 0 Å². The van der Waals surface area contributed by atoms with Crippen LogP contribution in [0.4, 0.5) is 0 Å². The molecule has 5 rings (SSSR count). The van der Waals surface area contributed by atoms with Crippen molar-refractivity contribution in [2.75, 3.05) is 13.1 Å². The molecule has 1 aliphatic heterocycles. The third kappa shape index (κ3) is 4.16. The molecule has 1 fully saturated rings. The van der Waals surface area contributed by atoms with Gasteiger partial charge in [-0.3, -0.25) is 4.90 Å². The predicted octanol–water partition coefficient (Wildman–Crippen LogP) is 5.54. The van der Waals surface area contributed by atoms with E-state index >= 15 is 0 Å². The molecule has 4 nitrogen and oxygen atoms in total. The fourth-order valence-corrected chi connectivity index (χ4v) is 6.15. The Bertz CT molecular complexity index is 1270. The quantitative estimate of drug-likeness (QED) is 0.416. The monoisotopic (exact) mass is 431 g/mol. The van der Waals surface area contributed by atoms with E-state index < -0.39 is 9.84 Å². The van der Waals surface area contributed by atoms with Gasteiger partial charge in [0.2, 0.25) is 0 Å². The molecule has 0 N–H and O–H groups in total. The number of sulfone groups is 1. The molecule has 0 saturated carbocycles. The van der Waals surface area contributed by atoms with Gasteiger partial charge in [-0.25, -0.2) is 8.42 Å². The topological polar surface area (TPSA) is 50.5 Å². The van der Waals surface area contributed by atoms with Gasteiger partial charge in [-0.15, -0.1) is 0 Å². The molecule has 0 amide bonds. The normalized spacial score (nSPS) is 16.0. The van der Waals surface area contributed by atoms with Crippen LogP contribution < -0.4 is 0 Å². The van der Waals surface area contributed by atoms with Gasteiger partial charge in [0.15, 0.2) is 9.84 Å². The van der Waals surface area contributed by atoms with Crippen molar-refractivity contribution in [2.45, 2.75) is 29.5 Å². The summed E-state index contributed by atoms with van der Waals surface area (Å²) in [5.74, 6) is 0.742. The molecule has 0 aliphatic carbocycles.